The van der Waals surface area contributed by atoms with Gasteiger partial charge in [0.15, 0.2) is 0 Å². The molecule has 1 heterocycles. The van der Waals surface area contributed by atoms with Crippen molar-refractivity contribution in [2.75, 3.05) is 0 Å². The maximum atomic E-state index is 11.2. The Bertz CT molecular complexity index is 339. The molecule has 0 fully saturated rings. The van der Waals surface area contributed by atoms with E-state index in [2.05, 4.69) is 9.74 Å². The predicted octanol–water partition coefficient (Wildman–Crippen LogP) is 2.27. The van der Waals surface area contributed by atoms with E-state index in [0.717, 1.165) is 11.9 Å². The van der Waals surface area contributed by atoms with Crippen molar-refractivity contribution in [2.24, 2.45) is 9.74 Å². The summed E-state index contributed by atoms with van der Waals surface area (Å²) in [6.07, 6.45) is 0. The van der Waals surface area contributed by atoms with Crippen molar-refractivity contribution in [1.29, 1.82) is 0 Å². The van der Waals surface area contributed by atoms with Crippen LogP contribution in [0.1, 0.15) is 0 Å². The van der Waals surface area contributed by atoms with Crippen LogP contribution in [0.3, 0.4) is 0 Å². The quantitative estimate of drug-likeness (QED) is 0.381. The second kappa shape index (κ2) is 2.53. The van der Waals surface area contributed by atoms with Crippen LogP contribution in [0.5, 0.6) is 0 Å². The van der Waals surface area contributed by atoms with Gasteiger partial charge in [-0.3, -0.25) is 0 Å². The Balaban J connectivity index is 2.58. The molecule has 0 saturated carbocycles. The third-order valence-corrected chi connectivity index (χ3v) is 2.17. The van der Waals surface area contributed by atoms with Gasteiger partial charge in [0.05, 0.1) is 10.1 Å². The molecule has 5 nitrogen and oxygen atoms in total. The number of quaternary nitrogens is 1. The zero-order chi connectivity index (χ0) is 8.60. The average molecular weight is 183 g/mol. The van der Waals surface area contributed by atoms with Gasteiger partial charge in [0.25, 0.3) is 0 Å². The van der Waals surface area contributed by atoms with Crippen LogP contribution < -0.4 is 4.92 Å². The van der Waals surface area contributed by atoms with Gasteiger partial charge in [-0.2, -0.15) is 5.21 Å². The number of benzene rings is 1. The summed E-state index contributed by atoms with van der Waals surface area (Å²) in [7, 11) is 0. The van der Waals surface area contributed by atoms with E-state index in [1.165, 1.54) is 6.07 Å². The molecule has 1 unspecified atom stereocenters. The fourth-order valence-electron chi connectivity index (χ4n) is 0.935. The topological polar surface area (TPSA) is 68.0 Å². The molecular formula is C6H5N3O2S. The summed E-state index contributed by atoms with van der Waals surface area (Å²) in [5.74, 6) is 0. The normalized spacial score (nSPS) is 26.8. The van der Waals surface area contributed by atoms with E-state index < -0.39 is 4.92 Å². The molecule has 0 radical (unpaired) electrons. The number of nitrogens with zero attached hydrogens (tertiary/aromatic N) is 3. The van der Waals surface area contributed by atoms with Gasteiger partial charge in [-0.15, -0.1) is 0 Å². The highest BCUT2D eigenvalue weighted by Crippen LogP contribution is 2.38. The minimum atomic E-state index is -1.76. The molecule has 0 amide bonds. The summed E-state index contributed by atoms with van der Waals surface area (Å²) in [5.41, 5.74) is 0.206. The van der Waals surface area contributed by atoms with Gasteiger partial charge in [-0.05, 0) is 11.0 Å². The standard InChI is InChI=1S/C6H5N3O2S/c10-9(11)5-3-1-2-4-6(5)12-8-7-9/h1-4,10H. The number of fused-ring (bicyclic) bond motifs is 1. The van der Waals surface area contributed by atoms with Crippen molar-refractivity contribution in [2.45, 2.75) is 4.90 Å². The summed E-state index contributed by atoms with van der Waals surface area (Å²) in [6, 6.07) is 6.67. The SMILES string of the molecule is [O-][N+]1(O)N=NSc2ccccc21. The van der Waals surface area contributed by atoms with Gasteiger partial charge in [0, 0.05) is 18.0 Å². The first-order valence-corrected chi connectivity index (χ1v) is 3.99. The Morgan fingerprint density at radius 1 is 1.42 bits per heavy atom. The first-order chi connectivity index (χ1) is 5.70. The molecule has 1 N–H and O–H groups in total. The van der Waals surface area contributed by atoms with Gasteiger partial charge in [-0.25, -0.2) is 0 Å². The van der Waals surface area contributed by atoms with E-state index in [4.69, 9.17) is 5.21 Å². The molecule has 12 heavy (non-hydrogen) atoms. The maximum absolute atomic E-state index is 11.2. The maximum Gasteiger partial charge on any atom is 0.210 e. The number of para-hydroxylation sites is 1. The van der Waals surface area contributed by atoms with Crippen LogP contribution in [0.4, 0.5) is 5.69 Å². The molecular weight excluding hydrogens is 178 g/mol. The summed E-state index contributed by atoms with van der Waals surface area (Å²) < 4.78 is 3.42. The van der Waals surface area contributed by atoms with Crippen molar-refractivity contribution in [3.8, 4) is 0 Å². The Morgan fingerprint density at radius 3 is 2.92 bits per heavy atom. The van der Waals surface area contributed by atoms with Crippen LogP contribution >= 0.6 is 11.9 Å². The fourth-order valence-corrected chi connectivity index (χ4v) is 1.58. The third kappa shape index (κ3) is 1.10. The minimum Gasteiger partial charge on any atom is -0.564 e. The average Bonchev–Trinajstić information content (AvgIpc) is 2.04. The van der Waals surface area contributed by atoms with Gasteiger partial charge in [0.1, 0.15) is 0 Å². The van der Waals surface area contributed by atoms with Crippen LogP contribution in [-0.4, -0.2) is 5.21 Å². The molecule has 1 aromatic carbocycles. The molecule has 1 aliphatic heterocycles. The van der Waals surface area contributed by atoms with Gasteiger partial charge < -0.3 is 5.21 Å². The van der Waals surface area contributed by atoms with Crippen molar-refractivity contribution >= 4 is 17.6 Å². The molecule has 2 rings (SSSR count). The number of hydrogen-bond donors (Lipinski definition) is 1. The number of hydrogen-bond acceptors (Lipinski definition) is 5. The third-order valence-electron chi connectivity index (χ3n) is 1.48. The van der Waals surface area contributed by atoms with Crippen molar-refractivity contribution < 1.29 is 5.21 Å². The molecule has 0 spiro atoms. The van der Waals surface area contributed by atoms with E-state index in [9.17, 15) is 5.21 Å². The van der Waals surface area contributed by atoms with Crippen molar-refractivity contribution in [3.05, 3.63) is 29.5 Å². The zero-order valence-electron chi connectivity index (χ0n) is 5.91. The highest BCUT2D eigenvalue weighted by molar-refractivity contribution is 7.98. The van der Waals surface area contributed by atoms with Gasteiger partial charge >= 0.3 is 0 Å². The lowest BCUT2D eigenvalue weighted by Crippen LogP contribution is -2.33. The van der Waals surface area contributed by atoms with E-state index in [0.29, 0.717) is 4.90 Å². The molecule has 0 bridgehead atoms. The van der Waals surface area contributed by atoms with Crippen LogP contribution in [0.25, 0.3) is 0 Å². The summed E-state index contributed by atoms with van der Waals surface area (Å²) in [5, 5.41) is 23.4. The largest absolute Gasteiger partial charge is 0.564 e. The van der Waals surface area contributed by atoms with Crippen LogP contribution in [-0.2, 0) is 0 Å². The lowest BCUT2D eigenvalue weighted by Gasteiger charge is -2.26. The fraction of sp³-hybridized carbons (Fsp3) is 0. The highest BCUT2D eigenvalue weighted by atomic mass is 32.2. The smallest absolute Gasteiger partial charge is 0.210 e. The Labute approximate surface area is 72.6 Å². The van der Waals surface area contributed by atoms with E-state index in [-0.39, 0.29) is 5.69 Å². The van der Waals surface area contributed by atoms with Crippen molar-refractivity contribution in [1.82, 2.24) is 4.92 Å². The molecule has 1 aliphatic rings. The molecule has 1 atom stereocenters. The summed E-state index contributed by atoms with van der Waals surface area (Å²) in [4.78, 5) is -1.13. The molecule has 0 saturated heterocycles. The van der Waals surface area contributed by atoms with E-state index in [1.807, 2.05) is 0 Å². The highest BCUT2D eigenvalue weighted by Gasteiger charge is 2.26. The molecule has 6 heteroatoms. The predicted molar refractivity (Wildman–Crippen MR) is 44.1 cm³/mol. The first kappa shape index (κ1) is 7.69. The molecule has 0 aromatic heterocycles. The lowest BCUT2D eigenvalue weighted by molar-refractivity contribution is -0.0394. The zero-order valence-corrected chi connectivity index (χ0v) is 6.73. The minimum absolute atomic E-state index is 0.206. The van der Waals surface area contributed by atoms with Crippen LogP contribution in [0, 0.1) is 5.21 Å². The second-order valence-electron chi connectivity index (χ2n) is 2.27. The Hall–Kier alpha value is -0.950. The summed E-state index contributed by atoms with van der Waals surface area (Å²) >= 11 is 1.07. The van der Waals surface area contributed by atoms with E-state index >= 15 is 0 Å². The Morgan fingerprint density at radius 2 is 2.17 bits per heavy atom. The molecule has 0 aliphatic carbocycles. The summed E-state index contributed by atoms with van der Waals surface area (Å²) in [6.45, 7) is 0. The van der Waals surface area contributed by atoms with Crippen molar-refractivity contribution in [3.63, 3.8) is 0 Å². The molecule has 1 aromatic rings. The van der Waals surface area contributed by atoms with Crippen LogP contribution in [0.2, 0.25) is 0 Å². The van der Waals surface area contributed by atoms with Gasteiger partial charge in [-0.1, -0.05) is 16.7 Å². The lowest BCUT2D eigenvalue weighted by atomic mass is 10.3. The monoisotopic (exact) mass is 183 g/mol. The first-order valence-electron chi connectivity index (χ1n) is 3.22. The molecule has 62 valence electrons. The number of rotatable bonds is 0. The van der Waals surface area contributed by atoms with E-state index in [1.54, 1.807) is 18.2 Å². The van der Waals surface area contributed by atoms with Crippen LogP contribution in [0.15, 0.2) is 38.9 Å². The van der Waals surface area contributed by atoms with Gasteiger partial charge in [0.2, 0.25) is 5.69 Å². The Kier molecular flexibility index (Phi) is 1.62. The second-order valence-corrected chi connectivity index (χ2v) is 3.06.